The number of hydrogen-bond acceptors (Lipinski definition) is 2. The number of nitrogens with two attached hydrogens (primary N) is 1. The Morgan fingerprint density at radius 3 is 2.69 bits per heavy atom. The molecule has 0 aliphatic carbocycles. The largest absolute Gasteiger partial charge is 0.329 e. The molecule has 88 valence electrons. The summed E-state index contributed by atoms with van der Waals surface area (Å²) >= 11 is 13.9. The van der Waals surface area contributed by atoms with Gasteiger partial charge in [-0.1, -0.05) is 29.3 Å². The van der Waals surface area contributed by atoms with Crippen molar-refractivity contribution < 1.29 is 0 Å². The third kappa shape index (κ3) is 2.67. The Morgan fingerprint density at radius 1 is 1.31 bits per heavy atom. The second kappa shape index (κ2) is 5.18. The van der Waals surface area contributed by atoms with Crippen LogP contribution in [0.4, 0.5) is 0 Å². The maximum Gasteiger partial charge on any atom is 0.0595 e. The van der Waals surface area contributed by atoms with Crippen LogP contribution in [0.2, 0.25) is 10.0 Å². The zero-order chi connectivity index (χ0) is 11.6. The molecule has 2 N–H and O–H groups in total. The second-order valence-corrected chi connectivity index (χ2v) is 6.64. The van der Waals surface area contributed by atoms with E-state index >= 15 is 0 Å². The summed E-state index contributed by atoms with van der Waals surface area (Å²) in [5.74, 6) is 1.22. The first-order chi connectivity index (χ1) is 7.65. The van der Waals surface area contributed by atoms with Gasteiger partial charge in [0.25, 0.3) is 0 Å². The van der Waals surface area contributed by atoms with Crippen molar-refractivity contribution >= 4 is 35.0 Å². The van der Waals surface area contributed by atoms with Gasteiger partial charge in [-0.25, -0.2) is 0 Å². The van der Waals surface area contributed by atoms with Gasteiger partial charge in [-0.05, 0) is 42.7 Å². The highest BCUT2D eigenvalue weighted by molar-refractivity contribution is 8.00. The van der Waals surface area contributed by atoms with Gasteiger partial charge in [-0.2, -0.15) is 11.8 Å². The smallest absolute Gasteiger partial charge is 0.0595 e. The van der Waals surface area contributed by atoms with Gasteiger partial charge in [0.2, 0.25) is 0 Å². The average molecular weight is 276 g/mol. The van der Waals surface area contributed by atoms with Gasteiger partial charge >= 0.3 is 0 Å². The summed E-state index contributed by atoms with van der Waals surface area (Å²) in [7, 11) is 0. The van der Waals surface area contributed by atoms with E-state index in [9.17, 15) is 0 Å². The fourth-order valence-corrected chi connectivity index (χ4v) is 3.87. The number of halogens is 2. The van der Waals surface area contributed by atoms with Gasteiger partial charge in [0, 0.05) is 11.3 Å². The van der Waals surface area contributed by atoms with E-state index in [2.05, 4.69) is 0 Å². The fourth-order valence-electron chi connectivity index (χ4n) is 2.15. The lowest BCUT2D eigenvalue weighted by molar-refractivity contribution is 0.565. The first kappa shape index (κ1) is 12.6. The fraction of sp³-hybridized carbons (Fsp3) is 0.500. The minimum absolute atomic E-state index is 0.219. The summed E-state index contributed by atoms with van der Waals surface area (Å²) in [4.78, 5) is 0. The zero-order valence-corrected chi connectivity index (χ0v) is 11.3. The van der Waals surface area contributed by atoms with Crippen molar-refractivity contribution in [3.05, 3.63) is 33.8 Å². The number of thioether (sulfide) groups is 1. The first-order valence-electron chi connectivity index (χ1n) is 5.43. The lowest BCUT2D eigenvalue weighted by Crippen LogP contribution is -2.34. The molecule has 0 radical (unpaired) electrons. The molecular formula is C12H15Cl2NS. The normalized spacial score (nSPS) is 24.9. The summed E-state index contributed by atoms with van der Waals surface area (Å²) in [6, 6.07) is 5.87. The van der Waals surface area contributed by atoms with Crippen LogP contribution in [0.5, 0.6) is 0 Å². The van der Waals surface area contributed by atoms with E-state index in [-0.39, 0.29) is 4.75 Å². The molecule has 1 aliphatic heterocycles. The van der Waals surface area contributed by atoms with Gasteiger partial charge in [-0.3, -0.25) is 0 Å². The third-order valence-corrected chi connectivity index (χ3v) is 5.43. The quantitative estimate of drug-likeness (QED) is 0.909. The summed E-state index contributed by atoms with van der Waals surface area (Å²) in [6.45, 7) is 0.734. The molecule has 1 aliphatic rings. The summed E-state index contributed by atoms with van der Waals surface area (Å²) in [5.41, 5.74) is 7.14. The molecule has 1 aromatic rings. The van der Waals surface area contributed by atoms with Gasteiger partial charge in [0.1, 0.15) is 0 Å². The predicted molar refractivity (Wildman–Crippen MR) is 73.6 cm³/mol. The minimum atomic E-state index is 0.219. The molecule has 1 saturated heterocycles. The predicted octanol–water partition coefficient (Wildman–Crippen LogP) is 3.76. The van der Waals surface area contributed by atoms with Crippen molar-refractivity contribution in [1.29, 1.82) is 0 Å². The van der Waals surface area contributed by atoms with Gasteiger partial charge in [0.05, 0.1) is 10.0 Å². The van der Waals surface area contributed by atoms with E-state index in [0.29, 0.717) is 10.0 Å². The molecule has 0 bridgehead atoms. The van der Waals surface area contributed by atoms with Crippen LogP contribution in [0.1, 0.15) is 18.4 Å². The van der Waals surface area contributed by atoms with Crippen LogP contribution in [0.3, 0.4) is 0 Å². The Labute approximate surface area is 111 Å². The van der Waals surface area contributed by atoms with Gasteiger partial charge in [0.15, 0.2) is 0 Å². The molecular weight excluding hydrogens is 261 g/mol. The summed E-state index contributed by atoms with van der Waals surface area (Å²) in [6.07, 6.45) is 3.46. The van der Waals surface area contributed by atoms with E-state index in [1.165, 1.54) is 24.2 Å². The van der Waals surface area contributed by atoms with Crippen LogP contribution < -0.4 is 5.73 Å². The van der Waals surface area contributed by atoms with E-state index in [4.69, 9.17) is 28.9 Å². The van der Waals surface area contributed by atoms with Crippen molar-refractivity contribution in [2.75, 3.05) is 12.3 Å². The Hall–Kier alpha value is 0.110. The molecule has 1 nitrogen and oxygen atoms in total. The Morgan fingerprint density at radius 2 is 2.12 bits per heavy atom. The molecule has 16 heavy (non-hydrogen) atoms. The molecule has 1 unspecified atom stereocenters. The van der Waals surface area contributed by atoms with Gasteiger partial charge in [-0.15, -0.1) is 0 Å². The topological polar surface area (TPSA) is 26.0 Å². The molecule has 0 aromatic heterocycles. The highest BCUT2D eigenvalue weighted by Crippen LogP contribution is 2.40. The molecule has 2 rings (SSSR count). The van der Waals surface area contributed by atoms with Crippen LogP contribution in [0, 0.1) is 0 Å². The third-order valence-electron chi connectivity index (χ3n) is 3.07. The Kier molecular flexibility index (Phi) is 4.06. The van der Waals surface area contributed by atoms with Crippen molar-refractivity contribution in [1.82, 2.24) is 0 Å². The lowest BCUT2D eigenvalue weighted by Gasteiger charge is -2.26. The van der Waals surface area contributed by atoms with Crippen LogP contribution in [0.25, 0.3) is 0 Å². The molecule has 1 atom stereocenters. The molecule has 0 spiro atoms. The zero-order valence-electron chi connectivity index (χ0n) is 9.01. The van der Waals surface area contributed by atoms with E-state index < -0.39 is 0 Å². The van der Waals surface area contributed by atoms with Crippen LogP contribution in [-0.2, 0) is 6.42 Å². The van der Waals surface area contributed by atoms with Crippen LogP contribution >= 0.6 is 35.0 Å². The molecule has 0 saturated carbocycles. The summed E-state index contributed by atoms with van der Waals surface area (Å²) < 4.78 is 0.219. The molecule has 0 amide bonds. The van der Waals surface area contributed by atoms with Crippen molar-refractivity contribution in [2.24, 2.45) is 5.73 Å². The van der Waals surface area contributed by atoms with Gasteiger partial charge < -0.3 is 5.73 Å². The van der Waals surface area contributed by atoms with Crippen molar-refractivity contribution in [2.45, 2.75) is 24.0 Å². The highest BCUT2D eigenvalue weighted by Gasteiger charge is 2.33. The molecule has 1 heterocycles. The number of rotatable bonds is 3. The van der Waals surface area contributed by atoms with Crippen LogP contribution in [0.15, 0.2) is 18.2 Å². The SMILES string of the molecule is NCC1(Cc2ccc(Cl)c(Cl)c2)CCCS1. The number of benzene rings is 1. The van der Waals surface area contributed by atoms with E-state index in [0.717, 1.165) is 13.0 Å². The monoisotopic (exact) mass is 275 g/mol. The molecule has 4 heteroatoms. The molecule has 1 aromatic carbocycles. The first-order valence-corrected chi connectivity index (χ1v) is 7.17. The highest BCUT2D eigenvalue weighted by atomic mass is 35.5. The Bertz CT molecular complexity index is 375. The standard InChI is InChI=1S/C12H15Cl2NS/c13-10-3-2-9(6-11(10)14)7-12(8-15)4-1-5-16-12/h2-3,6H,1,4-5,7-8,15H2. The Balaban J connectivity index is 2.16. The van der Waals surface area contributed by atoms with Crippen molar-refractivity contribution in [3.8, 4) is 0 Å². The van der Waals surface area contributed by atoms with Crippen LogP contribution in [-0.4, -0.2) is 17.0 Å². The minimum Gasteiger partial charge on any atom is -0.329 e. The molecule has 1 fully saturated rings. The summed E-state index contributed by atoms with van der Waals surface area (Å²) in [5, 5.41) is 1.25. The van der Waals surface area contributed by atoms with E-state index in [1.54, 1.807) is 0 Å². The number of hydrogen-bond donors (Lipinski definition) is 1. The lowest BCUT2D eigenvalue weighted by atomic mass is 9.94. The maximum atomic E-state index is 6.02. The average Bonchev–Trinajstić information content (AvgIpc) is 2.73. The maximum absolute atomic E-state index is 6.02. The second-order valence-electron chi connectivity index (χ2n) is 4.26. The van der Waals surface area contributed by atoms with Crippen molar-refractivity contribution in [3.63, 3.8) is 0 Å². The van der Waals surface area contributed by atoms with E-state index in [1.807, 2.05) is 30.0 Å².